The predicted octanol–water partition coefficient (Wildman–Crippen LogP) is 4.58. The van der Waals surface area contributed by atoms with Crippen LogP contribution in [0.4, 0.5) is 11.4 Å². The van der Waals surface area contributed by atoms with Crippen LogP contribution in [0.25, 0.3) is 11.3 Å². The first-order chi connectivity index (χ1) is 17.2. The van der Waals surface area contributed by atoms with Gasteiger partial charge in [-0.3, -0.25) is 9.78 Å². The summed E-state index contributed by atoms with van der Waals surface area (Å²) in [6.45, 7) is 3.60. The SMILES string of the molecule is O=c1cc(N2CCOCC2)cc(-c2cccc3c2Oc2ccc(CNc4cccnc4)cc2C3)[nH]1. The van der Waals surface area contributed by atoms with Crippen LogP contribution in [0.15, 0.2) is 77.9 Å². The Morgan fingerprint density at radius 3 is 2.77 bits per heavy atom. The Hall–Kier alpha value is -4.10. The summed E-state index contributed by atoms with van der Waals surface area (Å²) in [4.78, 5) is 21.9. The minimum atomic E-state index is -0.122. The zero-order chi connectivity index (χ0) is 23.6. The molecule has 2 aliphatic rings. The average Bonchev–Trinajstić information content (AvgIpc) is 2.91. The van der Waals surface area contributed by atoms with Gasteiger partial charge in [-0.2, -0.15) is 0 Å². The predicted molar refractivity (Wildman–Crippen MR) is 136 cm³/mol. The number of aromatic amines is 1. The van der Waals surface area contributed by atoms with Gasteiger partial charge in [0, 0.05) is 55.8 Å². The van der Waals surface area contributed by atoms with Crippen LogP contribution in [0.3, 0.4) is 0 Å². The van der Waals surface area contributed by atoms with Crippen molar-refractivity contribution >= 4 is 11.4 Å². The summed E-state index contributed by atoms with van der Waals surface area (Å²) in [6, 6.07) is 20.0. The third-order valence-electron chi connectivity index (χ3n) is 6.47. The van der Waals surface area contributed by atoms with Gasteiger partial charge in [0.15, 0.2) is 0 Å². The standard InChI is InChI=1S/C28H26N4O3/c33-27-16-23(32-9-11-34-12-10-32)15-25(31-27)24-5-1-3-20-14-21-13-19(6-7-26(21)35-28(20)24)17-30-22-4-2-8-29-18-22/h1-8,13,15-16,18,30H,9-12,14,17H2,(H,31,33). The monoisotopic (exact) mass is 466 g/mol. The van der Waals surface area contributed by atoms with Crippen LogP contribution in [-0.2, 0) is 17.7 Å². The van der Waals surface area contributed by atoms with Crippen LogP contribution in [0.1, 0.15) is 16.7 Å². The van der Waals surface area contributed by atoms with E-state index in [1.54, 1.807) is 12.3 Å². The quantitative estimate of drug-likeness (QED) is 0.395. The number of benzene rings is 2. The van der Waals surface area contributed by atoms with Crippen molar-refractivity contribution in [2.24, 2.45) is 0 Å². The van der Waals surface area contributed by atoms with E-state index in [1.165, 1.54) is 5.56 Å². The first-order valence-electron chi connectivity index (χ1n) is 11.9. The van der Waals surface area contributed by atoms with Crippen LogP contribution in [0.5, 0.6) is 11.5 Å². The number of para-hydroxylation sites is 1. The fourth-order valence-electron chi connectivity index (χ4n) is 4.70. The Bertz CT molecular complexity index is 1410. The number of rotatable bonds is 5. The number of hydrogen-bond acceptors (Lipinski definition) is 6. The highest BCUT2D eigenvalue weighted by molar-refractivity contribution is 5.74. The summed E-state index contributed by atoms with van der Waals surface area (Å²) >= 11 is 0. The van der Waals surface area contributed by atoms with Crippen molar-refractivity contribution in [2.45, 2.75) is 13.0 Å². The molecule has 7 nitrogen and oxygen atoms in total. The van der Waals surface area contributed by atoms with E-state index in [1.807, 2.05) is 42.6 Å². The number of H-pyrrole nitrogens is 1. The fourth-order valence-corrected chi connectivity index (χ4v) is 4.70. The second kappa shape index (κ2) is 9.27. The molecule has 176 valence electrons. The number of fused-ring (bicyclic) bond motifs is 2. The molecule has 1 fully saturated rings. The molecule has 0 aliphatic carbocycles. The molecule has 0 saturated carbocycles. The molecule has 0 atom stereocenters. The molecule has 4 heterocycles. The number of aromatic nitrogens is 2. The maximum atomic E-state index is 12.5. The topological polar surface area (TPSA) is 79.5 Å². The number of nitrogens with zero attached hydrogens (tertiary/aromatic N) is 2. The third-order valence-corrected chi connectivity index (χ3v) is 6.47. The third kappa shape index (κ3) is 4.50. The van der Waals surface area contributed by atoms with Gasteiger partial charge < -0.3 is 24.7 Å². The van der Waals surface area contributed by atoms with Crippen LogP contribution in [-0.4, -0.2) is 36.3 Å². The van der Waals surface area contributed by atoms with Gasteiger partial charge in [0.1, 0.15) is 11.5 Å². The lowest BCUT2D eigenvalue weighted by Gasteiger charge is -2.29. The van der Waals surface area contributed by atoms with Gasteiger partial charge in [-0.15, -0.1) is 0 Å². The summed E-state index contributed by atoms with van der Waals surface area (Å²) in [5.74, 6) is 1.65. The lowest BCUT2D eigenvalue weighted by atomic mass is 9.95. The van der Waals surface area contributed by atoms with Crippen LogP contribution in [0.2, 0.25) is 0 Å². The van der Waals surface area contributed by atoms with E-state index in [0.29, 0.717) is 19.8 Å². The molecule has 0 amide bonds. The van der Waals surface area contributed by atoms with Crippen LogP contribution in [0, 0.1) is 0 Å². The summed E-state index contributed by atoms with van der Waals surface area (Å²) in [6.07, 6.45) is 4.35. The molecule has 0 spiro atoms. The smallest absolute Gasteiger partial charge is 0.250 e. The summed E-state index contributed by atoms with van der Waals surface area (Å²) in [5.41, 5.74) is 6.86. The van der Waals surface area contributed by atoms with Crippen molar-refractivity contribution in [1.29, 1.82) is 0 Å². The van der Waals surface area contributed by atoms with Gasteiger partial charge in [0.2, 0.25) is 5.56 Å². The zero-order valence-corrected chi connectivity index (χ0v) is 19.3. The molecular formula is C28H26N4O3. The lowest BCUT2D eigenvalue weighted by molar-refractivity contribution is 0.122. The molecule has 2 aromatic carbocycles. The van der Waals surface area contributed by atoms with E-state index >= 15 is 0 Å². The van der Waals surface area contributed by atoms with Crippen molar-refractivity contribution in [3.63, 3.8) is 0 Å². The van der Waals surface area contributed by atoms with Crippen molar-refractivity contribution in [3.05, 3.63) is 100 Å². The highest BCUT2D eigenvalue weighted by Gasteiger charge is 2.22. The first-order valence-corrected chi connectivity index (χ1v) is 11.9. The Kier molecular flexibility index (Phi) is 5.68. The average molecular weight is 467 g/mol. The number of hydrogen-bond donors (Lipinski definition) is 2. The van der Waals surface area contributed by atoms with Crippen molar-refractivity contribution in [1.82, 2.24) is 9.97 Å². The maximum Gasteiger partial charge on any atom is 0.250 e. The van der Waals surface area contributed by atoms with E-state index in [2.05, 4.69) is 38.4 Å². The van der Waals surface area contributed by atoms with Crippen LogP contribution < -0.4 is 20.5 Å². The largest absolute Gasteiger partial charge is 0.456 e. The Morgan fingerprint density at radius 2 is 1.91 bits per heavy atom. The number of pyridine rings is 2. The lowest BCUT2D eigenvalue weighted by Crippen LogP contribution is -2.36. The minimum absolute atomic E-state index is 0.122. The van der Waals surface area contributed by atoms with Crippen molar-refractivity contribution in [2.75, 3.05) is 36.5 Å². The summed E-state index contributed by atoms with van der Waals surface area (Å²) in [7, 11) is 0. The molecule has 2 N–H and O–H groups in total. The van der Waals surface area contributed by atoms with E-state index < -0.39 is 0 Å². The molecule has 0 radical (unpaired) electrons. The molecule has 0 bridgehead atoms. The van der Waals surface area contributed by atoms with E-state index in [0.717, 1.165) is 64.8 Å². The van der Waals surface area contributed by atoms with E-state index in [4.69, 9.17) is 9.47 Å². The highest BCUT2D eigenvalue weighted by Crippen LogP contribution is 2.42. The van der Waals surface area contributed by atoms with Gasteiger partial charge in [-0.25, -0.2) is 0 Å². The van der Waals surface area contributed by atoms with Gasteiger partial charge >= 0.3 is 0 Å². The number of ether oxygens (including phenoxy) is 2. The molecular weight excluding hydrogens is 440 g/mol. The molecule has 0 unspecified atom stereocenters. The minimum Gasteiger partial charge on any atom is -0.456 e. The Balaban J connectivity index is 1.27. The fraction of sp³-hybridized carbons (Fsp3) is 0.214. The normalized spacial score (nSPS) is 14.6. The molecule has 7 heteroatoms. The number of morpholine rings is 1. The molecule has 2 aromatic heterocycles. The van der Waals surface area contributed by atoms with Gasteiger partial charge in [0.25, 0.3) is 0 Å². The highest BCUT2D eigenvalue weighted by atomic mass is 16.5. The van der Waals surface area contributed by atoms with Crippen molar-refractivity contribution < 1.29 is 9.47 Å². The molecule has 2 aliphatic heterocycles. The second-order valence-corrected chi connectivity index (χ2v) is 8.83. The maximum absolute atomic E-state index is 12.5. The van der Waals surface area contributed by atoms with Gasteiger partial charge in [-0.1, -0.05) is 18.2 Å². The summed E-state index contributed by atoms with van der Waals surface area (Å²) < 4.78 is 11.9. The molecule has 1 saturated heterocycles. The second-order valence-electron chi connectivity index (χ2n) is 8.83. The zero-order valence-electron chi connectivity index (χ0n) is 19.3. The first kappa shape index (κ1) is 21.4. The van der Waals surface area contributed by atoms with Crippen molar-refractivity contribution in [3.8, 4) is 22.8 Å². The number of nitrogens with one attached hydrogen (secondary N) is 2. The molecule has 35 heavy (non-hydrogen) atoms. The molecule has 4 aromatic rings. The number of anilines is 2. The summed E-state index contributed by atoms with van der Waals surface area (Å²) in [5, 5.41) is 3.41. The Morgan fingerprint density at radius 1 is 1.00 bits per heavy atom. The van der Waals surface area contributed by atoms with E-state index in [9.17, 15) is 4.79 Å². The van der Waals surface area contributed by atoms with E-state index in [-0.39, 0.29) is 5.56 Å². The molecule has 6 rings (SSSR count). The Labute approximate surface area is 203 Å². The van der Waals surface area contributed by atoms with Gasteiger partial charge in [-0.05, 0) is 53.1 Å². The van der Waals surface area contributed by atoms with Crippen LogP contribution >= 0.6 is 0 Å². The van der Waals surface area contributed by atoms with Gasteiger partial charge in [0.05, 0.1) is 24.6 Å².